The van der Waals surface area contributed by atoms with E-state index in [4.69, 9.17) is 14.2 Å². The van der Waals surface area contributed by atoms with Crippen molar-refractivity contribution >= 4 is 5.97 Å². The third-order valence-electron chi connectivity index (χ3n) is 5.91. The van der Waals surface area contributed by atoms with E-state index in [1.54, 1.807) is 0 Å². The largest absolute Gasteiger partial charge is 0.487 e. The Kier molecular flexibility index (Phi) is 4.39. The van der Waals surface area contributed by atoms with E-state index in [9.17, 15) is 4.79 Å². The molecule has 2 heterocycles. The molecule has 1 saturated heterocycles. The summed E-state index contributed by atoms with van der Waals surface area (Å²) in [5.41, 5.74) is 4.14. The highest BCUT2D eigenvalue weighted by Gasteiger charge is 2.48. The molecule has 0 aromatic heterocycles. The van der Waals surface area contributed by atoms with Gasteiger partial charge in [0.25, 0.3) is 0 Å². The van der Waals surface area contributed by atoms with Crippen molar-refractivity contribution in [3.63, 3.8) is 0 Å². The summed E-state index contributed by atoms with van der Waals surface area (Å²) < 4.78 is 17.7. The molecule has 0 saturated carbocycles. The molecule has 2 aliphatic heterocycles. The van der Waals surface area contributed by atoms with E-state index < -0.39 is 0 Å². The van der Waals surface area contributed by atoms with Crippen LogP contribution in [0.2, 0.25) is 0 Å². The van der Waals surface area contributed by atoms with Gasteiger partial charge in [0.05, 0.1) is 11.7 Å². The van der Waals surface area contributed by atoms with Gasteiger partial charge in [-0.2, -0.15) is 0 Å². The lowest BCUT2D eigenvalue weighted by atomic mass is 9.84. The first-order chi connectivity index (χ1) is 11.5. The summed E-state index contributed by atoms with van der Waals surface area (Å²) in [6, 6.07) is 0. The van der Waals surface area contributed by atoms with E-state index in [0.29, 0.717) is 11.9 Å². The van der Waals surface area contributed by atoms with Crippen molar-refractivity contribution in [2.75, 3.05) is 0 Å². The first-order valence-corrected chi connectivity index (χ1v) is 9.22. The standard InChI is InChI=1S/C21H30O4/c1-12-13(2)19-16(14(3)18(12)23-15(4)22)8-10-21(7,25-19)11-9-17-20(5,6)24-17/h17H,8-11H2,1-7H3. The number of benzene rings is 1. The van der Waals surface area contributed by atoms with Gasteiger partial charge in [-0.3, -0.25) is 4.79 Å². The second kappa shape index (κ2) is 6.01. The number of carbonyl (C=O) groups excluding carboxylic acids is 1. The van der Waals surface area contributed by atoms with Crippen LogP contribution in [0.5, 0.6) is 11.5 Å². The van der Waals surface area contributed by atoms with Crippen LogP contribution < -0.4 is 9.47 Å². The Balaban J connectivity index is 1.84. The minimum Gasteiger partial charge on any atom is -0.487 e. The third-order valence-corrected chi connectivity index (χ3v) is 5.91. The number of epoxide rings is 1. The quantitative estimate of drug-likeness (QED) is 0.455. The van der Waals surface area contributed by atoms with Gasteiger partial charge in [0.15, 0.2) is 0 Å². The van der Waals surface area contributed by atoms with E-state index >= 15 is 0 Å². The Labute approximate surface area is 150 Å². The number of carbonyl (C=O) groups is 1. The van der Waals surface area contributed by atoms with Crippen molar-refractivity contribution in [2.45, 2.75) is 91.5 Å². The topological polar surface area (TPSA) is 48.1 Å². The number of esters is 1. The number of hydrogen-bond donors (Lipinski definition) is 0. The van der Waals surface area contributed by atoms with Gasteiger partial charge in [0.1, 0.15) is 17.1 Å². The van der Waals surface area contributed by atoms with Gasteiger partial charge in [-0.25, -0.2) is 0 Å². The fraction of sp³-hybridized carbons (Fsp3) is 0.667. The zero-order valence-corrected chi connectivity index (χ0v) is 16.5. The Morgan fingerprint density at radius 1 is 1.16 bits per heavy atom. The maximum atomic E-state index is 11.4. The van der Waals surface area contributed by atoms with E-state index in [0.717, 1.165) is 48.1 Å². The molecule has 0 radical (unpaired) electrons. The molecule has 0 N–H and O–H groups in total. The molecule has 0 bridgehead atoms. The summed E-state index contributed by atoms with van der Waals surface area (Å²) in [4.78, 5) is 11.4. The van der Waals surface area contributed by atoms with Crippen LogP contribution in [0.15, 0.2) is 0 Å². The normalized spacial score (nSPS) is 26.6. The summed E-state index contributed by atoms with van der Waals surface area (Å²) in [5.74, 6) is 1.40. The van der Waals surface area contributed by atoms with Crippen LogP contribution in [0.3, 0.4) is 0 Å². The maximum absolute atomic E-state index is 11.4. The fourth-order valence-electron chi connectivity index (χ4n) is 3.93. The van der Waals surface area contributed by atoms with E-state index in [1.165, 1.54) is 12.5 Å². The maximum Gasteiger partial charge on any atom is 0.308 e. The molecule has 3 rings (SSSR count). The van der Waals surface area contributed by atoms with E-state index in [1.807, 2.05) is 13.8 Å². The number of hydrogen-bond acceptors (Lipinski definition) is 4. The minimum absolute atomic E-state index is 0.0327. The highest BCUT2D eigenvalue weighted by Crippen LogP contribution is 2.46. The first kappa shape index (κ1) is 18.2. The molecule has 0 spiro atoms. The predicted octanol–water partition coefficient (Wildman–Crippen LogP) is 4.58. The molecule has 138 valence electrons. The summed E-state index contributed by atoms with van der Waals surface area (Å²) in [7, 11) is 0. The van der Waals surface area contributed by atoms with Crippen molar-refractivity contribution in [2.24, 2.45) is 0 Å². The lowest BCUT2D eigenvalue weighted by Crippen LogP contribution is -2.37. The lowest BCUT2D eigenvalue weighted by Gasteiger charge is -2.38. The zero-order valence-electron chi connectivity index (χ0n) is 16.5. The van der Waals surface area contributed by atoms with Crippen molar-refractivity contribution in [1.29, 1.82) is 0 Å². The molecule has 4 nitrogen and oxygen atoms in total. The van der Waals surface area contributed by atoms with Gasteiger partial charge in [-0.1, -0.05) is 0 Å². The SMILES string of the molecule is CC(=O)Oc1c(C)c(C)c2c(c1C)CCC(C)(CCC1OC1(C)C)O2. The van der Waals surface area contributed by atoms with Crippen molar-refractivity contribution in [3.8, 4) is 11.5 Å². The van der Waals surface area contributed by atoms with Crippen LogP contribution in [0.4, 0.5) is 0 Å². The third kappa shape index (κ3) is 3.41. The molecule has 0 amide bonds. The van der Waals surface area contributed by atoms with Gasteiger partial charge in [0.2, 0.25) is 0 Å². The van der Waals surface area contributed by atoms with Crippen LogP contribution in [0, 0.1) is 20.8 Å². The lowest BCUT2D eigenvalue weighted by molar-refractivity contribution is -0.132. The second-order valence-corrected chi connectivity index (χ2v) is 8.41. The highest BCUT2D eigenvalue weighted by molar-refractivity contribution is 5.72. The molecule has 1 aromatic rings. The van der Waals surface area contributed by atoms with Gasteiger partial charge >= 0.3 is 5.97 Å². The van der Waals surface area contributed by atoms with Crippen LogP contribution in [-0.4, -0.2) is 23.3 Å². The summed E-state index contributed by atoms with van der Waals surface area (Å²) >= 11 is 0. The fourth-order valence-corrected chi connectivity index (χ4v) is 3.93. The first-order valence-electron chi connectivity index (χ1n) is 9.22. The molecular formula is C21H30O4. The molecule has 2 unspecified atom stereocenters. The molecular weight excluding hydrogens is 316 g/mol. The zero-order chi connectivity index (χ0) is 18.6. The summed E-state index contributed by atoms with van der Waals surface area (Å²) in [6.45, 7) is 14.0. The molecule has 25 heavy (non-hydrogen) atoms. The second-order valence-electron chi connectivity index (χ2n) is 8.41. The van der Waals surface area contributed by atoms with E-state index in [2.05, 4.69) is 27.7 Å². The Morgan fingerprint density at radius 3 is 2.36 bits per heavy atom. The smallest absolute Gasteiger partial charge is 0.308 e. The van der Waals surface area contributed by atoms with E-state index in [-0.39, 0.29) is 17.2 Å². The van der Waals surface area contributed by atoms with Gasteiger partial charge in [-0.05, 0) is 83.9 Å². The molecule has 1 fully saturated rings. The van der Waals surface area contributed by atoms with Crippen LogP contribution in [0.25, 0.3) is 0 Å². The average Bonchev–Trinajstić information content (AvgIpc) is 3.14. The average molecular weight is 346 g/mol. The molecule has 2 aliphatic rings. The van der Waals surface area contributed by atoms with Crippen LogP contribution in [-0.2, 0) is 16.0 Å². The van der Waals surface area contributed by atoms with Crippen molar-refractivity contribution in [1.82, 2.24) is 0 Å². The van der Waals surface area contributed by atoms with Gasteiger partial charge in [0, 0.05) is 12.5 Å². The molecule has 0 aliphatic carbocycles. The molecule has 2 atom stereocenters. The minimum atomic E-state index is -0.279. The Bertz CT molecular complexity index is 719. The van der Waals surface area contributed by atoms with Crippen LogP contribution in [0.1, 0.15) is 69.2 Å². The molecule has 4 heteroatoms. The van der Waals surface area contributed by atoms with Gasteiger partial charge in [-0.15, -0.1) is 0 Å². The summed E-state index contributed by atoms with van der Waals surface area (Å²) in [5, 5.41) is 0. The van der Waals surface area contributed by atoms with Crippen LogP contribution >= 0.6 is 0 Å². The Hall–Kier alpha value is -1.55. The number of fused-ring (bicyclic) bond motifs is 1. The summed E-state index contributed by atoms with van der Waals surface area (Å²) in [6.07, 6.45) is 4.29. The monoisotopic (exact) mass is 346 g/mol. The number of ether oxygens (including phenoxy) is 3. The van der Waals surface area contributed by atoms with Crippen molar-refractivity contribution < 1.29 is 19.0 Å². The van der Waals surface area contributed by atoms with Gasteiger partial charge < -0.3 is 14.2 Å². The number of rotatable bonds is 4. The van der Waals surface area contributed by atoms with Crippen molar-refractivity contribution in [3.05, 3.63) is 22.3 Å². The highest BCUT2D eigenvalue weighted by atomic mass is 16.6. The predicted molar refractivity (Wildman–Crippen MR) is 97.5 cm³/mol. The molecule has 1 aromatic carbocycles. The Morgan fingerprint density at radius 2 is 1.80 bits per heavy atom.